The second-order valence-corrected chi connectivity index (χ2v) is 6.92. The summed E-state index contributed by atoms with van der Waals surface area (Å²) in [7, 11) is 1.55. The molecule has 1 aromatic heterocycles. The third-order valence-corrected chi connectivity index (χ3v) is 5.10. The molecule has 8 nitrogen and oxygen atoms in total. The van der Waals surface area contributed by atoms with E-state index >= 15 is 0 Å². The van der Waals surface area contributed by atoms with Crippen LogP contribution in [0.3, 0.4) is 0 Å². The van der Waals surface area contributed by atoms with Gasteiger partial charge in [-0.15, -0.1) is 0 Å². The number of rotatable bonds is 4. The molecule has 4 rings (SSSR count). The van der Waals surface area contributed by atoms with E-state index in [9.17, 15) is 14.4 Å². The lowest BCUT2D eigenvalue weighted by atomic mass is 9.92. The van der Waals surface area contributed by atoms with E-state index < -0.39 is 23.4 Å². The Hall–Kier alpha value is -3.81. The number of hydrogen-bond donors (Lipinski definition) is 2. The predicted molar refractivity (Wildman–Crippen MR) is 104 cm³/mol. The molecule has 8 heteroatoms. The molecular weight excluding hydrogens is 374 g/mol. The molecule has 2 heterocycles. The molecule has 0 saturated carbocycles. The number of imide groups is 1. The maximum absolute atomic E-state index is 12.9. The smallest absolute Gasteiger partial charge is 0.344 e. The van der Waals surface area contributed by atoms with E-state index in [0.29, 0.717) is 32.9 Å². The highest BCUT2D eigenvalue weighted by Gasteiger charge is 2.50. The minimum absolute atomic E-state index is 0.0159. The summed E-state index contributed by atoms with van der Waals surface area (Å²) in [6.45, 7) is 3.31. The van der Waals surface area contributed by atoms with Gasteiger partial charge in [-0.3, -0.25) is 9.59 Å². The molecule has 1 saturated heterocycles. The van der Waals surface area contributed by atoms with Crippen LogP contribution in [0.1, 0.15) is 28.6 Å². The average Bonchev–Trinajstić information content (AvgIpc) is 3.17. The number of hydrogen-bond acceptors (Lipinski definition) is 5. The van der Waals surface area contributed by atoms with Crippen LogP contribution in [-0.2, 0) is 10.3 Å². The van der Waals surface area contributed by atoms with Crippen LogP contribution in [-0.4, -0.2) is 30.0 Å². The maximum Gasteiger partial charge on any atom is 0.344 e. The molecule has 1 aliphatic heterocycles. The van der Waals surface area contributed by atoms with Crippen molar-refractivity contribution in [2.75, 3.05) is 7.11 Å². The fraction of sp³-hybridized carbons (Fsp3) is 0.190. The van der Waals surface area contributed by atoms with Crippen molar-refractivity contribution in [2.45, 2.75) is 19.4 Å². The van der Waals surface area contributed by atoms with Gasteiger partial charge in [-0.25, -0.2) is 10.2 Å². The normalized spacial score (nSPS) is 18.8. The second kappa shape index (κ2) is 6.66. The monoisotopic (exact) mass is 393 g/mol. The summed E-state index contributed by atoms with van der Waals surface area (Å²) in [4.78, 5) is 38.1. The van der Waals surface area contributed by atoms with E-state index in [1.165, 1.54) is 0 Å². The zero-order chi connectivity index (χ0) is 20.8. The minimum atomic E-state index is -1.28. The summed E-state index contributed by atoms with van der Waals surface area (Å²) in [6, 6.07) is 13.3. The van der Waals surface area contributed by atoms with Crippen molar-refractivity contribution in [3.05, 3.63) is 65.4 Å². The van der Waals surface area contributed by atoms with E-state index in [2.05, 4.69) is 10.7 Å². The molecular formula is C21H19N3O5. The van der Waals surface area contributed by atoms with E-state index in [1.807, 2.05) is 6.07 Å². The molecule has 1 atom stereocenters. The molecule has 0 aliphatic carbocycles. The minimum Gasteiger partial charge on any atom is -0.497 e. The first-order chi connectivity index (χ1) is 13.8. The third-order valence-electron chi connectivity index (χ3n) is 5.10. The summed E-state index contributed by atoms with van der Waals surface area (Å²) >= 11 is 0. The topological polar surface area (TPSA) is 101 Å². The lowest BCUT2D eigenvalue weighted by molar-refractivity contribution is -0.132. The number of carbonyl (C=O) groups excluding carboxylic acids is 3. The summed E-state index contributed by atoms with van der Waals surface area (Å²) in [5.41, 5.74) is 2.77. The Labute approximate surface area is 166 Å². The lowest BCUT2D eigenvalue weighted by Gasteiger charge is -2.21. The standard InChI is InChI=1S/C21H19N3O5/c1-12-15-11-14(28-3)9-10-16(15)29-17(12)18(25)23-24-19(26)21(2,22-20(24)27)13-7-5-4-6-8-13/h4-11H,1-3H3,(H,22,27)(H,23,25)/t21-/m0/s1. The van der Waals surface area contributed by atoms with Crippen LogP contribution in [0, 0.1) is 6.92 Å². The molecule has 29 heavy (non-hydrogen) atoms. The zero-order valence-electron chi connectivity index (χ0n) is 16.1. The molecule has 4 amide bonds. The van der Waals surface area contributed by atoms with Crippen LogP contribution in [0.15, 0.2) is 52.9 Å². The molecule has 2 aromatic carbocycles. The zero-order valence-corrected chi connectivity index (χ0v) is 16.1. The summed E-state index contributed by atoms with van der Waals surface area (Å²) < 4.78 is 10.8. The SMILES string of the molecule is COc1ccc2oc(C(=O)NN3C(=O)N[C@@](C)(c4ccccc4)C3=O)c(C)c2c1. The van der Waals surface area contributed by atoms with Gasteiger partial charge >= 0.3 is 11.9 Å². The van der Waals surface area contributed by atoms with Gasteiger partial charge < -0.3 is 14.5 Å². The van der Waals surface area contributed by atoms with Gasteiger partial charge in [0.25, 0.3) is 5.91 Å². The largest absolute Gasteiger partial charge is 0.497 e. The highest BCUT2D eigenvalue weighted by Crippen LogP contribution is 2.30. The van der Waals surface area contributed by atoms with Crippen molar-refractivity contribution >= 4 is 28.8 Å². The number of furan rings is 1. The first kappa shape index (κ1) is 18.5. The van der Waals surface area contributed by atoms with Gasteiger partial charge in [0.15, 0.2) is 5.76 Å². The van der Waals surface area contributed by atoms with E-state index in [0.717, 1.165) is 0 Å². The van der Waals surface area contributed by atoms with E-state index in [4.69, 9.17) is 9.15 Å². The van der Waals surface area contributed by atoms with Gasteiger partial charge in [-0.05, 0) is 37.6 Å². The quantitative estimate of drug-likeness (QED) is 0.664. The third kappa shape index (κ3) is 2.89. The van der Waals surface area contributed by atoms with Crippen LogP contribution in [0.4, 0.5) is 4.79 Å². The number of hydrazine groups is 1. The van der Waals surface area contributed by atoms with Crippen molar-refractivity contribution in [3.63, 3.8) is 0 Å². The molecule has 2 N–H and O–H groups in total. The molecule has 1 fully saturated rings. The number of nitrogens with zero attached hydrogens (tertiary/aromatic N) is 1. The van der Waals surface area contributed by atoms with Gasteiger partial charge in [-0.2, -0.15) is 5.01 Å². The average molecular weight is 393 g/mol. The van der Waals surface area contributed by atoms with Gasteiger partial charge in [-0.1, -0.05) is 30.3 Å². The van der Waals surface area contributed by atoms with Crippen molar-refractivity contribution in [1.82, 2.24) is 15.8 Å². The Balaban J connectivity index is 1.62. The van der Waals surface area contributed by atoms with Crippen LogP contribution >= 0.6 is 0 Å². The molecule has 0 radical (unpaired) electrons. The van der Waals surface area contributed by atoms with E-state index in [-0.39, 0.29) is 5.76 Å². The van der Waals surface area contributed by atoms with E-state index in [1.54, 1.807) is 63.4 Å². The van der Waals surface area contributed by atoms with Crippen molar-refractivity contribution in [2.24, 2.45) is 0 Å². The van der Waals surface area contributed by atoms with Crippen molar-refractivity contribution in [3.8, 4) is 5.75 Å². The van der Waals surface area contributed by atoms with Gasteiger partial charge in [0, 0.05) is 10.9 Å². The molecule has 0 bridgehead atoms. The maximum atomic E-state index is 12.9. The van der Waals surface area contributed by atoms with Crippen LogP contribution in [0.2, 0.25) is 0 Å². The van der Waals surface area contributed by atoms with Crippen LogP contribution in [0.5, 0.6) is 5.75 Å². The fourth-order valence-electron chi connectivity index (χ4n) is 3.40. The lowest BCUT2D eigenvalue weighted by Crippen LogP contribution is -2.48. The number of amides is 4. The summed E-state index contributed by atoms with van der Waals surface area (Å²) in [5, 5.41) is 4.03. The Kier molecular flexibility index (Phi) is 4.26. The fourth-order valence-corrected chi connectivity index (χ4v) is 3.40. The molecule has 0 unspecified atom stereocenters. The van der Waals surface area contributed by atoms with Crippen molar-refractivity contribution in [1.29, 1.82) is 0 Å². The predicted octanol–water partition coefficient (Wildman–Crippen LogP) is 2.86. The Bertz CT molecular complexity index is 1140. The van der Waals surface area contributed by atoms with Gasteiger partial charge in [0.05, 0.1) is 7.11 Å². The number of fused-ring (bicyclic) bond motifs is 1. The number of aryl methyl sites for hydroxylation is 1. The second-order valence-electron chi connectivity index (χ2n) is 6.92. The molecule has 3 aromatic rings. The number of nitrogens with one attached hydrogen (secondary N) is 2. The van der Waals surface area contributed by atoms with Crippen LogP contribution in [0.25, 0.3) is 11.0 Å². The number of carbonyl (C=O) groups is 3. The number of benzene rings is 2. The highest BCUT2D eigenvalue weighted by molar-refractivity contribution is 6.09. The Morgan fingerprint density at radius 2 is 1.90 bits per heavy atom. The number of methoxy groups -OCH3 is 1. The van der Waals surface area contributed by atoms with Crippen LogP contribution < -0.4 is 15.5 Å². The molecule has 148 valence electrons. The highest BCUT2D eigenvalue weighted by atomic mass is 16.5. The Morgan fingerprint density at radius 1 is 1.17 bits per heavy atom. The number of ether oxygens (including phenoxy) is 1. The van der Waals surface area contributed by atoms with Crippen molar-refractivity contribution < 1.29 is 23.5 Å². The summed E-state index contributed by atoms with van der Waals surface area (Å²) in [6.07, 6.45) is 0. The number of urea groups is 1. The molecule has 0 spiro atoms. The Morgan fingerprint density at radius 3 is 2.59 bits per heavy atom. The first-order valence-electron chi connectivity index (χ1n) is 8.95. The summed E-state index contributed by atoms with van der Waals surface area (Å²) in [5.74, 6) is -0.640. The van der Waals surface area contributed by atoms with Gasteiger partial charge in [0.1, 0.15) is 16.9 Å². The van der Waals surface area contributed by atoms with Gasteiger partial charge in [0.2, 0.25) is 0 Å². The molecule has 1 aliphatic rings. The first-order valence-corrected chi connectivity index (χ1v) is 8.95.